The first-order valence-electron chi connectivity index (χ1n) is 6.70. The summed E-state index contributed by atoms with van der Waals surface area (Å²) in [5.74, 6) is -0.0999. The van der Waals surface area contributed by atoms with E-state index in [-0.39, 0.29) is 11.9 Å². The third-order valence-corrected chi connectivity index (χ3v) is 2.69. The lowest BCUT2D eigenvalue weighted by Crippen LogP contribution is -2.13. The lowest BCUT2D eigenvalue weighted by Gasteiger charge is -2.06. The standard InChI is InChI=1S/C15H26O2/c1-4-6-7-8-9-10-11-12-13-17-15(16)14(3)5-2/h9-12,14H,4-8,13H2,1-3H3. The lowest BCUT2D eigenvalue weighted by atomic mass is 10.1. The van der Waals surface area contributed by atoms with E-state index in [1.807, 2.05) is 32.1 Å². The van der Waals surface area contributed by atoms with Crippen molar-refractivity contribution in [3.8, 4) is 0 Å². The van der Waals surface area contributed by atoms with Crippen LogP contribution in [0.3, 0.4) is 0 Å². The van der Waals surface area contributed by atoms with E-state index in [1.165, 1.54) is 19.3 Å². The molecule has 0 aromatic carbocycles. The molecular weight excluding hydrogens is 212 g/mol. The largest absolute Gasteiger partial charge is 0.461 e. The Morgan fingerprint density at radius 3 is 2.53 bits per heavy atom. The quantitative estimate of drug-likeness (QED) is 0.341. The maximum atomic E-state index is 11.3. The molecule has 0 radical (unpaired) electrons. The van der Waals surface area contributed by atoms with Gasteiger partial charge in [0.25, 0.3) is 0 Å². The molecule has 0 saturated heterocycles. The molecule has 0 aromatic heterocycles. The van der Waals surface area contributed by atoms with Crippen molar-refractivity contribution < 1.29 is 9.53 Å². The van der Waals surface area contributed by atoms with Crippen LogP contribution in [0.1, 0.15) is 52.9 Å². The van der Waals surface area contributed by atoms with Crippen LogP contribution in [0.5, 0.6) is 0 Å². The van der Waals surface area contributed by atoms with Gasteiger partial charge < -0.3 is 4.74 Å². The van der Waals surface area contributed by atoms with Crippen LogP contribution in [-0.4, -0.2) is 12.6 Å². The van der Waals surface area contributed by atoms with E-state index >= 15 is 0 Å². The first-order valence-corrected chi connectivity index (χ1v) is 6.70. The highest BCUT2D eigenvalue weighted by molar-refractivity contribution is 5.71. The molecule has 98 valence electrons. The zero-order valence-electron chi connectivity index (χ0n) is 11.4. The van der Waals surface area contributed by atoms with Crippen molar-refractivity contribution in [2.75, 3.05) is 6.61 Å². The number of rotatable bonds is 9. The maximum absolute atomic E-state index is 11.3. The maximum Gasteiger partial charge on any atom is 0.308 e. The number of allylic oxidation sites excluding steroid dienone is 3. The Bertz CT molecular complexity index is 241. The molecule has 17 heavy (non-hydrogen) atoms. The summed E-state index contributed by atoms with van der Waals surface area (Å²) in [6.07, 6.45) is 13.8. The van der Waals surface area contributed by atoms with Crippen molar-refractivity contribution in [3.63, 3.8) is 0 Å². The van der Waals surface area contributed by atoms with Crippen LogP contribution in [0.2, 0.25) is 0 Å². The third kappa shape index (κ3) is 9.86. The third-order valence-electron chi connectivity index (χ3n) is 2.69. The fourth-order valence-electron chi connectivity index (χ4n) is 1.26. The van der Waals surface area contributed by atoms with Gasteiger partial charge in [-0.15, -0.1) is 0 Å². The highest BCUT2D eigenvalue weighted by Gasteiger charge is 2.10. The van der Waals surface area contributed by atoms with Gasteiger partial charge in [-0.1, -0.05) is 51.8 Å². The van der Waals surface area contributed by atoms with Gasteiger partial charge in [0.15, 0.2) is 0 Å². The molecule has 0 heterocycles. The number of hydrogen-bond donors (Lipinski definition) is 0. The van der Waals surface area contributed by atoms with Crippen molar-refractivity contribution in [3.05, 3.63) is 24.3 Å². The molecule has 0 aliphatic carbocycles. The van der Waals surface area contributed by atoms with Crippen LogP contribution in [0.15, 0.2) is 24.3 Å². The fourth-order valence-corrected chi connectivity index (χ4v) is 1.26. The van der Waals surface area contributed by atoms with E-state index in [0.29, 0.717) is 6.61 Å². The number of ether oxygens (including phenoxy) is 1. The van der Waals surface area contributed by atoms with Crippen LogP contribution in [0, 0.1) is 5.92 Å². The molecule has 0 N–H and O–H groups in total. The van der Waals surface area contributed by atoms with E-state index in [0.717, 1.165) is 12.8 Å². The summed E-state index contributed by atoms with van der Waals surface area (Å²) in [5.41, 5.74) is 0. The molecule has 0 amide bonds. The van der Waals surface area contributed by atoms with Gasteiger partial charge in [-0.25, -0.2) is 0 Å². The van der Waals surface area contributed by atoms with Gasteiger partial charge in [-0.3, -0.25) is 4.79 Å². The Labute approximate surface area is 106 Å². The average molecular weight is 238 g/mol. The van der Waals surface area contributed by atoms with Gasteiger partial charge in [0.1, 0.15) is 6.61 Å². The molecular formula is C15H26O2. The Kier molecular flexibility index (Phi) is 10.7. The summed E-state index contributed by atoms with van der Waals surface area (Å²) in [6.45, 7) is 6.46. The Morgan fingerprint density at radius 2 is 1.88 bits per heavy atom. The van der Waals surface area contributed by atoms with Crippen LogP contribution >= 0.6 is 0 Å². The number of esters is 1. The number of unbranched alkanes of at least 4 members (excludes halogenated alkanes) is 3. The van der Waals surface area contributed by atoms with Crippen LogP contribution in [-0.2, 0) is 9.53 Å². The summed E-state index contributed by atoms with van der Waals surface area (Å²) in [5, 5.41) is 0. The molecule has 0 bridgehead atoms. The van der Waals surface area contributed by atoms with Crippen molar-refractivity contribution in [1.29, 1.82) is 0 Å². The van der Waals surface area contributed by atoms with Gasteiger partial charge in [-0.05, 0) is 25.3 Å². The average Bonchev–Trinajstić information content (AvgIpc) is 2.35. The minimum Gasteiger partial charge on any atom is -0.461 e. The summed E-state index contributed by atoms with van der Waals surface area (Å²) >= 11 is 0. The molecule has 1 unspecified atom stereocenters. The molecule has 0 aliphatic heterocycles. The molecule has 0 aromatic rings. The van der Waals surface area contributed by atoms with Crippen molar-refractivity contribution in [2.24, 2.45) is 5.92 Å². The zero-order valence-corrected chi connectivity index (χ0v) is 11.4. The summed E-state index contributed by atoms with van der Waals surface area (Å²) in [6, 6.07) is 0. The second kappa shape index (κ2) is 11.4. The van der Waals surface area contributed by atoms with Gasteiger partial charge in [0, 0.05) is 0 Å². The number of carbonyl (C=O) groups excluding carboxylic acids is 1. The topological polar surface area (TPSA) is 26.3 Å². The van der Waals surface area contributed by atoms with Crippen LogP contribution in [0.25, 0.3) is 0 Å². The zero-order chi connectivity index (χ0) is 12.9. The number of carbonyl (C=O) groups is 1. The second-order valence-corrected chi connectivity index (χ2v) is 4.29. The van der Waals surface area contributed by atoms with Crippen LogP contribution < -0.4 is 0 Å². The molecule has 2 nitrogen and oxygen atoms in total. The van der Waals surface area contributed by atoms with Gasteiger partial charge in [0.05, 0.1) is 5.92 Å². The van der Waals surface area contributed by atoms with Gasteiger partial charge >= 0.3 is 5.97 Å². The first-order chi connectivity index (χ1) is 8.22. The highest BCUT2D eigenvalue weighted by atomic mass is 16.5. The molecule has 1 atom stereocenters. The molecule has 2 heteroatoms. The molecule has 0 spiro atoms. The minimum absolute atomic E-state index is 0.00739. The van der Waals surface area contributed by atoms with E-state index < -0.39 is 0 Å². The minimum atomic E-state index is -0.107. The van der Waals surface area contributed by atoms with Crippen LogP contribution in [0.4, 0.5) is 0 Å². The number of hydrogen-bond acceptors (Lipinski definition) is 2. The van der Waals surface area contributed by atoms with E-state index in [4.69, 9.17) is 4.74 Å². The first kappa shape index (κ1) is 16.0. The lowest BCUT2D eigenvalue weighted by molar-refractivity contribution is -0.146. The van der Waals surface area contributed by atoms with E-state index in [9.17, 15) is 4.79 Å². The van der Waals surface area contributed by atoms with E-state index in [1.54, 1.807) is 0 Å². The molecule has 0 aliphatic rings. The smallest absolute Gasteiger partial charge is 0.308 e. The highest BCUT2D eigenvalue weighted by Crippen LogP contribution is 2.03. The summed E-state index contributed by atoms with van der Waals surface area (Å²) in [4.78, 5) is 11.3. The monoisotopic (exact) mass is 238 g/mol. The Morgan fingerprint density at radius 1 is 1.18 bits per heavy atom. The predicted octanol–water partition coefficient (Wildman–Crippen LogP) is 4.27. The fraction of sp³-hybridized carbons (Fsp3) is 0.667. The molecule has 0 saturated carbocycles. The Balaban J connectivity index is 3.51. The second-order valence-electron chi connectivity index (χ2n) is 4.29. The normalized spacial score (nSPS) is 13.4. The van der Waals surface area contributed by atoms with Gasteiger partial charge in [0.2, 0.25) is 0 Å². The summed E-state index contributed by atoms with van der Waals surface area (Å²) in [7, 11) is 0. The van der Waals surface area contributed by atoms with Crippen molar-refractivity contribution in [1.82, 2.24) is 0 Å². The predicted molar refractivity (Wildman–Crippen MR) is 72.8 cm³/mol. The SMILES string of the molecule is CCCCCC=CC=CCOC(=O)C(C)CC. The summed E-state index contributed by atoms with van der Waals surface area (Å²) < 4.78 is 5.08. The van der Waals surface area contributed by atoms with Gasteiger partial charge in [-0.2, -0.15) is 0 Å². The van der Waals surface area contributed by atoms with E-state index in [2.05, 4.69) is 13.0 Å². The molecule has 0 rings (SSSR count). The van der Waals surface area contributed by atoms with Crippen molar-refractivity contribution in [2.45, 2.75) is 52.9 Å². The van der Waals surface area contributed by atoms with Crippen molar-refractivity contribution >= 4 is 5.97 Å². The molecule has 0 fully saturated rings. The Hall–Kier alpha value is -1.05.